The number of fused-ring (bicyclic) bond motifs is 1. The Kier molecular flexibility index (Phi) is 3.21. The molecule has 1 aliphatic rings. The van der Waals surface area contributed by atoms with Crippen LogP contribution in [0.15, 0.2) is 78.9 Å². The molecule has 3 heteroatoms. The Balaban J connectivity index is 1.77. The van der Waals surface area contributed by atoms with Gasteiger partial charge in [-0.3, -0.25) is 9.69 Å². The molecule has 1 amide bonds. The Hall–Kier alpha value is -2.58. The number of halogens is 1. The number of amides is 1. The average molecular weight is 320 g/mol. The number of carbonyl (C=O) groups is 1. The van der Waals surface area contributed by atoms with E-state index in [9.17, 15) is 4.79 Å². The standard InChI is InChI=1S/C20H14ClNO/c1-13-19(16-7-6-14-4-2-3-5-15(14)12-16)22(20(13)23)18-10-8-17(21)9-11-18/h2-12,19H,1H2/t19-/m0/s1. The highest BCUT2D eigenvalue weighted by molar-refractivity contribution is 6.30. The maximum atomic E-state index is 12.3. The van der Waals surface area contributed by atoms with Crippen molar-refractivity contribution in [3.63, 3.8) is 0 Å². The zero-order valence-electron chi connectivity index (χ0n) is 12.4. The maximum absolute atomic E-state index is 12.3. The van der Waals surface area contributed by atoms with Crippen LogP contribution in [-0.2, 0) is 4.79 Å². The van der Waals surface area contributed by atoms with Gasteiger partial charge < -0.3 is 0 Å². The van der Waals surface area contributed by atoms with Gasteiger partial charge in [-0.2, -0.15) is 0 Å². The number of hydrogen-bond acceptors (Lipinski definition) is 1. The minimum atomic E-state index is -0.117. The van der Waals surface area contributed by atoms with Crippen molar-refractivity contribution in [3.05, 3.63) is 89.5 Å². The van der Waals surface area contributed by atoms with E-state index >= 15 is 0 Å². The average Bonchev–Trinajstić information content (AvgIpc) is 2.59. The van der Waals surface area contributed by atoms with Crippen molar-refractivity contribution < 1.29 is 4.79 Å². The second-order valence-electron chi connectivity index (χ2n) is 5.69. The van der Waals surface area contributed by atoms with Crippen LogP contribution in [0.3, 0.4) is 0 Å². The summed E-state index contributed by atoms with van der Waals surface area (Å²) in [6, 6.07) is 21.7. The van der Waals surface area contributed by atoms with E-state index in [4.69, 9.17) is 11.6 Å². The molecule has 0 N–H and O–H groups in total. The molecule has 0 saturated carbocycles. The van der Waals surface area contributed by atoms with Crippen LogP contribution in [0.25, 0.3) is 10.8 Å². The molecule has 3 aromatic rings. The molecule has 1 fully saturated rings. The Morgan fingerprint density at radius 1 is 0.913 bits per heavy atom. The lowest BCUT2D eigenvalue weighted by Gasteiger charge is -2.42. The molecular formula is C20H14ClNO. The normalized spacial score (nSPS) is 17.4. The smallest absolute Gasteiger partial charge is 0.256 e. The lowest BCUT2D eigenvalue weighted by Crippen LogP contribution is -2.48. The first-order chi connectivity index (χ1) is 11.1. The molecule has 2 nitrogen and oxygen atoms in total. The van der Waals surface area contributed by atoms with Gasteiger partial charge in [-0.15, -0.1) is 0 Å². The Morgan fingerprint density at radius 3 is 2.35 bits per heavy atom. The van der Waals surface area contributed by atoms with Crippen molar-refractivity contribution in [2.75, 3.05) is 4.90 Å². The fourth-order valence-electron chi connectivity index (χ4n) is 3.07. The fourth-order valence-corrected chi connectivity index (χ4v) is 3.20. The van der Waals surface area contributed by atoms with Crippen molar-refractivity contribution in [1.29, 1.82) is 0 Å². The van der Waals surface area contributed by atoms with Gasteiger partial charge in [0.2, 0.25) is 0 Å². The van der Waals surface area contributed by atoms with E-state index in [-0.39, 0.29) is 11.9 Å². The summed E-state index contributed by atoms with van der Waals surface area (Å²) in [6.45, 7) is 3.96. The molecule has 112 valence electrons. The summed E-state index contributed by atoms with van der Waals surface area (Å²) in [6.07, 6.45) is 0. The third-order valence-corrected chi connectivity index (χ3v) is 4.53. The van der Waals surface area contributed by atoms with E-state index < -0.39 is 0 Å². The lowest BCUT2D eigenvalue weighted by molar-refractivity contribution is -0.118. The first kappa shape index (κ1) is 14.0. The Morgan fingerprint density at radius 2 is 1.61 bits per heavy atom. The molecule has 0 spiro atoms. The van der Waals surface area contributed by atoms with Gasteiger partial charge in [-0.1, -0.05) is 54.6 Å². The van der Waals surface area contributed by atoms with E-state index in [1.165, 1.54) is 5.39 Å². The zero-order chi connectivity index (χ0) is 16.0. The molecular weight excluding hydrogens is 306 g/mol. The van der Waals surface area contributed by atoms with E-state index in [2.05, 4.69) is 36.9 Å². The predicted octanol–water partition coefficient (Wildman–Crippen LogP) is 5.14. The van der Waals surface area contributed by atoms with Crippen LogP contribution in [0.1, 0.15) is 11.6 Å². The Labute approximate surface area is 139 Å². The molecule has 1 atom stereocenters. The van der Waals surface area contributed by atoms with Crippen LogP contribution in [0.4, 0.5) is 5.69 Å². The van der Waals surface area contributed by atoms with Gasteiger partial charge in [0.15, 0.2) is 0 Å². The fraction of sp³-hybridized carbons (Fsp3) is 0.0500. The van der Waals surface area contributed by atoms with Crippen molar-refractivity contribution in [2.24, 2.45) is 0 Å². The van der Waals surface area contributed by atoms with Crippen molar-refractivity contribution >= 4 is 34.0 Å². The molecule has 0 aromatic heterocycles. The third kappa shape index (κ3) is 2.23. The van der Waals surface area contributed by atoms with Crippen molar-refractivity contribution in [2.45, 2.75) is 6.04 Å². The summed E-state index contributed by atoms with van der Waals surface area (Å²) in [5.74, 6) is -0.0366. The maximum Gasteiger partial charge on any atom is 0.256 e. The minimum Gasteiger partial charge on any atom is -0.297 e. The molecule has 0 radical (unpaired) electrons. The van der Waals surface area contributed by atoms with Gasteiger partial charge in [0, 0.05) is 16.3 Å². The molecule has 1 aliphatic heterocycles. The van der Waals surface area contributed by atoms with Gasteiger partial charge in [0.05, 0.1) is 6.04 Å². The Bertz CT molecular complexity index is 930. The van der Waals surface area contributed by atoms with E-state index in [1.807, 2.05) is 24.3 Å². The summed E-state index contributed by atoms with van der Waals surface area (Å²) in [7, 11) is 0. The zero-order valence-corrected chi connectivity index (χ0v) is 13.1. The summed E-state index contributed by atoms with van der Waals surface area (Å²) in [4.78, 5) is 14.1. The minimum absolute atomic E-state index is 0.0366. The number of benzene rings is 3. The molecule has 1 saturated heterocycles. The number of anilines is 1. The topological polar surface area (TPSA) is 20.3 Å². The second-order valence-corrected chi connectivity index (χ2v) is 6.12. The third-order valence-electron chi connectivity index (χ3n) is 4.28. The highest BCUT2D eigenvalue weighted by Gasteiger charge is 2.42. The van der Waals surface area contributed by atoms with Crippen LogP contribution >= 0.6 is 11.6 Å². The van der Waals surface area contributed by atoms with Gasteiger partial charge in [0.25, 0.3) is 5.91 Å². The van der Waals surface area contributed by atoms with Crippen LogP contribution < -0.4 is 4.90 Å². The number of β-lactam (4-membered cyclic amide) rings is 1. The van der Waals surface area contributed by atoms with E-state index in [0.717, 1.165) is 16.6 Å². The number of carbonyl (C=O) groups excluding carboxylic acids is 1. The van der Waals surface area contributed by atoms with Gasteiger partial charge >= 0.3 is 0 Å². The lowest BCUT2D eigenvalue weighted by atomic mass is 9.87. The molecule has 0 aliphatic carbocycles. The van der Waals surface area contributed by atoms with E-state index in [0.29, 0.717) is 10.6 Å². The summed E-state index contributed by atoms with van der Waals surface area (Å²) in [5, 5.41) is 3.00. The highest BCUT2D eigenvalue weighted by atomic mass is 35.5. The largest absolute Gasteiger partial charge is 0.297 e. The monoisotopic (exact) mass is 319 g/mol. The summed E-state index contributed by atoms with van der Waals surface area (Å²) in [5.41, 5.74) is 2.53. The summed E-state index contributed by atoms with van der Waals surface area (Å²) >= 11 is 5.94. The molecule has 0 bridgehead atoms. The van der Waals surface area contributed by atoms with Crippen LogP contribution in [0.5, 0.6) is 0 Å². The molecule has 1 heterocycles. The van der Waals surface area contributed by atoms with Gasteiger partial charge in [-0.05, 0) is 46.7 Å². The predicted molar refractivity (Wildman–Crippen MR) is 94.8 cm³/mol. The molecule has 4 rings (SSSR count). The quantitative estimate of drug-likeness (QED) is 0.473. The second kappa shape index (κ2) is 5.25. The number of hydrogen-bond donors (Lipinski definition) is 0. The van der Waals surface area contributed by atoms with E-state index in [1.54, 1.807) is 17.0 Å². The van der Waals surface area contributed by atoms with Crippen LogP contribution in [0, 0.1) is 0 Å². The van der Waals surface area contributed by atoms with Crippen LogP contribution in [-0.4, -0.2) is 5.91 Å². The number of rotatable bonds is 2. The number of nitrogens with zero attached hydrogens (tertiary/aromatic N) is 1. The molecule has 3 aromatic carbocycles. The van der Waals surface area contributed by atoms with Crippen molar-refractivity contribution in [1.82, 2.24) is 0 Å². The van der Waals surface area contributed by atoms with Crippen molar-refractivity contribution in [3.8, 4) is 0 Å². The van der Waals surface area contributed by atoms with Gasteiger partial charge in [0.1, 0.15) is 0 Å². The van der Waals surface area contributed by atoms with Crippen LogP contribution in [0.2, 0.25) is 5.02 Å². The molecule has 23 heavy (non-hydrogen) atoms. The SMILES string of the molecule is C=C1C(=O)N(c2ccc(Cl)cc2)[C@@H]1c1ccc2ccccc2c1. The van der Waals surface area contributed by atoms with Gasteiger partial charge in [-0.25, -0.2) is 0 Å². The summed E-state index contributed by atoms with van der Waals surface area (Å²) < 4.78 is 0. The molecule has 0 unspecified atom stereocenters. The first-order valence-electron chi connectivity index (χ1n) is 7.42. The highest BCUT2D eigenvalue weighted by Crippen LogP contribution is 2.42. The first-order valence-corrected chi connectivity index (χ1v) is 7.79.